The summed E-state index contributed by atoms with van der Waals surface area (Å²) >= 11 is 8.88. The lowest BCUT2D eigenvalue weighted by Gasteiger charge is -2.31. The Bertz CT molecular complexity index is 2000. The van der Waals surface area contributed by atoms with Gasteiger partial charge in [0.2, 0.25) is 0 Å². The maximum absolute atomic E-state index is 12.2. The van der Waals surface area contributed by atoms with Crippen molar-refractivity contribution in [3.05, 3.63) is 117 Å². The maximum atomic E-state index is 12.2. The summed E-state index contributed by atoms with van der Waals surface area (Å²) in [6.07, 6.45) is 5.18. The zero-order valence-corrected chi connectivity index (χ0v) is 34.1. The molecule has 14 heteroatoms. The quantitative estimate of drug-likeness (QED) is 0.114. The molecule has 57 heavy (non-hydrogen) atoms. The minimum absolute atomic E-state index is 0.221. The number of hydrogen-bond acceptors (Lipinski definition) is 11. The van der Waals surface area contributed by atoms with Crippen molar-refractivity contribution in [1.82, 2.24) is 19.8 Å². The average molecular weight is 828 g/mol. The van der Waals surface area contributed by atoms with E-state index in [1.54, 1.807) is 39.0 Å². The lowest BCUT2D eigenvalue weighted by atomic mass is 9.94. The molecule has 3 aromatic carbocycles. The van der Waals surface area contributed by atoms with Gasteiger partial charge in [-0.3, -0.25) is 0 Å². The number of nitrogens with zero attached hydrogens (tertiary/aromatic N) is 5. The SMILES string of the molecule is N#Cc1cc(Cl)ccc1OCCC1CCN(C(=O)OCc2cscn2)CC1.O=C(OCc1cscn1)N1CCC(CCOc2ccc(-c3ccccc3)cc2)CC1. The molecule has 0 radical (unpaired) electrons. The third-order valence-corrected chi connectivity index (χ3v) is 11.5. The van der Waals surface area contributed by atoms with Gasteiger partial charge in [0, 0.05) is 42.0 Å². The summed E-state index contributed by atoms with van der Waals surface area (Å²) in [6.45, 7) is 4.56. The van der Waals surface area contributed by atoms with E-state index in [1.165, 1.54) is 33.8 Å². The van der Waals surface area contributed by atoms with Crippen LogP contribution in [0.2, 0.25) is 5.02 Å². The van der Waals surface area contributed by atoms with Crippen molar-refractivity contribution in [3.63, 3.8) is 0 Å². The molecule has 0 spiro atoms. The summed E-state index contributed by atoms with van der Waals surface area (Å²) in [4.78, 5) is 36.1. The molecule has 0 saturated carbocycles. The van der Waals surface area contributed by atoms with Crippen LogP contribution >= 0.6 is 34.3 Å². The largest absolute Gasteiger partial charge is 0.494 e. The number of halogens is 1. The molecule has 2 saturated heterocycles. The summed E-state index contributed by atoms with van der Waals surface area (Å²) in [5.41, 5.74) is 7.89. The van der Waals surface area contributed by atoms with Crippen LogP contribution in [0.25, 0.3) is 11.1 Å². The molecule has 5 aromatic rings. The van der Waals surface area contributed by atoms with Crippen LogP contribution in [0.5, 0.6) is 11.5 Å². The third kappa shape index (κ3) is 13.2. The van der Waals surface area contributed by atoms with E-state index in [-0.39, 0.29) is 25.4 Å². The molecule has 2 amide bonds. The second-order valence-corrected chi connectivity index (χ2v) is 15.7. The van der Waals surface area contributed by atoms with Crippen LogP contribution in [-0.2, 0) is 22.7 Å². The highest BCUT2D eigenvalue weighted by Crippen LogP contribution is 2.26. The van der Waals surface area contributed by atoms with Crippen LogP contribution in [0, 0.1) is 23.2 Å². The van der Waals surface area contributed by atoms with Gasteiger partial charge in [-0.05, 0) is 91.8 Å². The Morgan fingerprint density at radius 3 is 1.75 bits per heavy atom. The average Bonchev–Trinajstić information content (AvgIpc) is 3.99. The number of thiazole rings is 2. The van der Waals surface area contributed by atoms with Crippen molar-refractivity contribution >= 4 is 46.5 Å². The first kappa shape index (κ1) is 41.5. The van der Waals surface area contributed by atoms with Crippen LogP contribution in [0.1, 0.15) is 55.5 Å². The van der Waals surface area contributed by atoms with Crippen LogP contribution < -0.4 is 9.47 Å². The summed E-state index contributed by atoms with van der Waals surface area (Å²) in [5, 5.41) is 13.4. The van der Waals surface area contributed by atoms with Gasteiger partial charge >= 0.3 is 12.2 Å². The topological polar surface area (TPSA) is 127 Å². The van der Waals surface area contributed by atoms with Crippen LogP contribution in [0.15, 0.2) is 94.6 Å². The molecule has 0 unspecified atom stereocenters. The number of benzene rings is 3. The summed E-state index contributed by atoms with van der Waals surface area (Å²) in [6, 6.07) is 25.7. The van der Waals surface area contributed by atoms with Crippen molar-refractivity contribution in [2.24, 2.45) is 11.8 Å². The van der Waals surface area contributed by atoms with E-state index < -0.39 is 0 Å². The molecule has 0 bridgehead atoms. The highest BCUT2D eigenvalue weighted by molar-refractivity contribution is 7.07. The number of rotatable bonds is 13. The van der Waals surface area contributed by atoms with Crippen molar-refractivity contribution in [1.29, 1.82) is 5.26 Å². The van der Waals surface area contributed by atoms with Gasteiger partial charge in [0.15, 0.2) is 0 Å². The van der Waals surface area contributed by atoms with Crippen molar-refractivity contribution in [3.8, 4) is 28.7 Å². The molecular weight excluding hydrogens is 782 g/mol. The van der Waals surface area contributed by atoms with Crippen LogP contribution in [-0.4, -0.2) is 71.3 Å². The second-order valence-electron chi connectivity index (χ2n) is 13.8. The van der Waals surface area contributed by atoms with E-state index in [4.69, 9.17) is 35.8 Å². The Kier molecular flexibility index (Phi) is 16.0. The first-order valence-corrected chi connectivity index (χ1v) is 21.4. The number of likely N-dealkylation sites (tertiary alicyclic amines) is 2. The Morgan fingerprint density at radius 1 is 0.719 bits per heavy atom. The lowest BCUT2D eigenvalue weighted by Crippen LogP contribution is -2.39. The van der Waals surface area contributed by atoms with Gasteiger partial charge in [-0.15, -0.1) is 22.7 Å². The number of amides is 2. The van der Waals surface area contributed by atoms with Crippen LogP contribution in [0.3, 0.4) is 0 Å². The number of carbonyl (C=O) groups is 2. The van der Waals surface area contributed by atoms with Gasteiger partial charge < -0.3 is 28.7 Å². The first-order chi connectivity index (χ1) is 27.9. The van der Waals surface area contributed by atoms with Crippen molar-refractivity contribution in [2.45, 2.75) is 51.7 Å². The van der Waals surface area contributed by atoms with E-state index in [0.29, 0.717) is 54.5 Å². The Labute approximate surface area is 346 Å². The summed E-state index contributed by atoms with van der Waals surface area (Å²) in [7, 11) is 0. The van der Waals surface area contributed by atoms with E-state index in [1.807, 2.05) is 41.1 Å². The third-order valence-electron chi connectivity index (χ3n) is 10.0. The zero-order chi connectivity index (χ0) is 39.7. The highest BCUT2D eigenvalue weighted by atomic mass is 35.5. The fraction of sp³-hybridized carbons (Fsp3) is 0.372. The molecule has 2 aliphatic heterocycles. The van der Waals surface area contributed by atoms with Gasteiger partial charge in [-0.2, -0.15) is 5.26 Å². The minimum atomic E-state index is -0.280. The zero-order valence-electron chi connectivity index (χ0n) is 31.7. The van der Waals surface area contributed by atoms with E-state index in [0.717, 1.165) is 68.8 Å². The van der Waals surface area contributed by atoms with E-state index in [9.17, 15) is 9.59 Å². The lowest BCUT2D eigenvalue weighted by molar-refractivity contribution is 0.0785. The predicted octanol–water partition coefficient (Wildman–Crippen LogP) is 10.1. The van der Waals surface area contributed by atoms with Gasteiger partial charge in [0.25, 0.3) is 0 Å². The van der Waals surface area contributed by atoms with E-state index in [2.05, 4.69) is 40.3 Å². The van der Waals surface area contributed by atoms with Gasteiger partial charge in [-0.25, -0.2) is 19.6 Å². The van der Waals surface area contributed by atoms with Gasteiger partial charge in [0.05, 0.1) is 41.2 Å². The Morgan fingerprint density at radius 2 is 1.25 bits per heavy atom. The number of nitriles is 1. The smallest absolute Gasteiger partial charge is 0.410 e. The number of ether oxygens (including phenoxy) is 4. The van der Waals surface area contributed by atoms with Gasteiger partial charge in [-0.1, -0.05) is 54.1 Å². The summed E-state index contributed by atoms with van der Waals surface area (Å²) < 4.78 is 22.3. The molecule has 7 rings (SSSR count). The van der Waals surface area contributed by atoms with Crippen LogP contribution in [0.4, 0.5) is 9.59 Å². The number of aromatic nitrogens is 2. The molecule has 2 fully saturated rings. The second kappa shape index (κ2) is 22.0. The fourth-order valence-electron chi connectivity index (χ4n) is 6.65. The molecule has 298 valence electrons. The first-order valence-electron chi connectivity index (χ1n) is 19.1. The monoisotopic (exact) mass is 827 g/mol. The summed E-state index contributed by atoms with van der Waals surface area (Å²) in [5.74, 6) is 2.53. The molecule has 2 aromatic heterocycles. The Hall–Kier alpha value is -5.16. The highest BCUT2D eigenvalue weighted by Gasteiger charge is 2.25. The fourth-order valence-corrected chi connectivity index (χ4v) is 7.91. The van der Waals surface area contributed by atoms with E-state index >= 15 is 0 Å². The maximum Gasteiger partial charge on any atom is 0.410 e. The number of carbonyl (C=O) groups excluding carboxylic acids is 2. The standard InChI is InChI=1S/C24H26N2O3S.C19H20ClN3O3S/c27-24(29-16-22-17-30-18-25-22)26-13-10-19(11-14-26)12-15-28-23-8-6-21(7-9-23)20-4-2-1-3-5-20;20-16-1-2-18(15(9-16)10-21)25-8-5-14-3-6-23(7-4-14)19(24)26-11-17-12-27-13-22-17/h1-9,17-19H,10-16H2;1-2,9,12-14H,3-8,11H2. The number of hydrogen-bond donors (Lipinski definition) is 0. The molecule has 11 nitrogen and oxygen atoms in total. The van der Waals surface area contributed by atoms with Crippen molar-refractivity contribution < 1.29 is 28.5 Å². The number of piperidine rings is 2. The van der Waals surface area contributed by atoms with Gasteiger partial charge in [0.1, 0.15) is 30.8 Å². The predicted molar refractivity (Wildman–Crippen MR) is 221 cm³/mol. The minimum Gasteiger partial charge on any atom is -0.494 e. The normalized spacial score (nSPS) is 14.5. The molecule has 0 N–H and O–H groups in total. The van der Waals surface area contributed by atoms with Crippen molar-refractivity contribution in [2.75, 3.05) is 39.4 Å². The molecule has 0 aliphatic carbocycles. The molecular formula is C43H46ClN5O6S2. The molecule has 4 heterocycles. The Balaban J connectivity index is 0.000000194. The molecule has 0 atom stereocenters. The molecule has 2 aliphatic rings.